The van der Waals surface area contributed by atoms with Crippen molar-refractivity contribution < 1.29 is 13.9 Å². The van der Waals surface area contributed by atoms with Crippen molar-refractivity contribution >= 4 is 34.2 Å². The molecule has 0 radical (unpaired) electrons. The predicted octanol–water partition coefficient (Wildman–Crippen LogP) is 3.22. The summed E-state index contributed by atoms with van der Waals surface area (Å²) in [7, 11) is 1.33. The largest absolute Gasteiger partial charge is 0.465 e. The van der Waals surface area contributed by atoms with E-state index >= 15 is 0 Å². The van der Waals surface area contributed by atoms with Crippen LogP contribution in [0.2, 0.25) is 0 Å². The van der Waals surface area contributed by atoms with E-state index in [1.165, 1.54) is 25.4 Å². The monoisotopic (exact) mass is 386 g/mol. The first-order valence-corrected chi connectivity index (χ1v) is 6.90. The molecule has 0 saturated carbocycles. The van der Waals surface area contributed by atoms with Gasteiger partial charge in [-0.05, 0) is 52.9 Å². The van der Waals surface area contributed by atoms with Crippen LogP contribution >= 0.6 is 22.6 Å². The Bertz CT molecular complexity index is 617. The Morgan fingerprint density at radius 2 is 2.20 bits per heavy atom. The minimum Gasteiger partial charge on any atom is -0.465 e. The first-order valence-electron chi connectivity index (χ1n) is 5.82. The molecule has 104 valence electrons. The van der Waals surface area contributed by atoms with Crippen LogP contribution in [-0.4, -0.2) is 18.1 Å². The molecular formula is C14H12FIN2O2. The Balaban J connectivity index is 2.02. The molecule has 4 nitrogen and oxygen atoms in total. The Morgan fingerprint density at radius 1 is 1.40 bits per heavy atom. The summed E-state index contributed by atoms with van der Waals surface area (Å²) in [5, 5.41) is 3.17. The minimum atomic E-state index is -0.412. The van der Waals surface area contributed by atoms with E-state index < -0.39 is 5.97 Å². The zero-order valence-corrected chi connectivity index (χ0v) is 12.8. The summed E-state index contributed by atoms with van der Waals surface area (Å²) in [6.07, 6.45) is 1.47. The molecule has 0 aliphatic rings. The van der Waals surface area contributed by atoms with E-state index in [4.69, 9.17) is 0 Å². The first kappa shape index (κ1) is 14.7. The quantitative estimate of drug-likeness (QED) is 0.648. The van der Waals surface area contributed by atoms with Gasteiger partial charge in [0.15, 0.2) is 0 Å². The van der Waals surface area contributed by atoms with Gasteiger partial charge < -0.3 is 10.1 Å². The van der Waals surface area contributed by atoms with Gasteiger partial charge >= 0.3 is 5.97 Å². The number of hydrogen-bond acceptors (Lipinski definition) is 4. The molecule has 0 bridgehead atoms. The zero-order valence-electron chi connectivity index (χ0n) is 10.7. The number of anilines is 1. The van der Waals surface area contributed by atoms with Crippen molar-refractivity contribution in [3.63, 3.8) is 0 Å². The molecule has 0 aliphatic heterocycles. The van der Waals surface area contributed by atoms with Crippen LogP contribution < -0.4 is 5.32 Å². The van der Waals surface area contributed by atoms with Crippen LogP contribution in [0.25, 0.3) is 0 Å². The lowest BCUT2D eigenvalue weighted by Gasteiger charge is -2.08. The highest BCUT2D eigenvalue weighted by Gasteiger charge is 2.06. The lowest BCUT2D eigenvalue weighted by molar-refractivity contribution is 0.0600. The third kappa shape index (κ3) is 3.66. The number of nitrogens with zero attached hydrogens (tertiary/aromatic N) is 1. The van der Waals surface area contributed by atoms with Gasteiger partial charge in [-0.25, -0.2) is 9.18 Å². The molecule has 0 saturated heterocycles. The molecule has 1 N–H and O–H groups in total. The number of aromatic nitrogens is 1. The maximum atomic E-state index is 13.0. The van der Waals surface area contributed by atoms with Gasteiger partial charge in [0.05, 0.1) is 24.9 Å². The summed E-state index contributed by atoms with van der Waals surface area (Å²) < 4.78 is 18.4. The number of ether oxygens (including phenoxy) is 1. The number of pyridine rings is 1. The molecule has 2 rings (SSSR count). The number of halogens is 2. The van der Waals surface area contributed by atoms with Crippen LogP contribution in [0.1, 0.15) is 16.1 Å². The molecular weight excluding hydrogens is 374 g/mol. The minimum absolute atomic E-state index is 0.263. The second kappa shape index (κ2) is 6.65. The van der Waals surface area contributed by atoms with Crippen molar-refractivity contribution in [2.45, 2.75) is 6.54 Å². The normalized spacial score (nSPS) is 10.2. The summed E-state index contributed by atoms with van der Waals surface area (Å²) >= 11 is 2.06. The average Bonchev–Trinajstić information content (AvgIpc) is 2.46. The molecule has 0 amide bonds. The fourth-order valence-electron chi connectivity index (χ4n) is 1.59. The number of carbonyl (C=O) groups is 1. The topological polar surface area (TPSA) is 51.2 Å². The molecule has 20 heavy (non-hydrogen) atoms. The maximum Gasteiger partial charge on any atom is 0.339 e. The van der Waals surface area contributed by atoms with Crippen LogP contribution in [0.15, 0.2) is 36.5 Å². The Kier molecular flexibility index (Phi) is 4.89. The van der Waals surface area contributed by atoms with E-state index in [9.17, 15) is 9.18 Å². The van der Waals surface area contributed by atoms with Crippen molar-refractivity contribution in [1.82, 2.24) is 4.98 Å². The van der Waals surface area contributed by atoms with E-state index in [1.54, 1.807) is 18.2 Å². The van der Waals surface area contributed by atoms with Gasteiger partial charge in [-0.2, -0.15) is 0 Å². The Labute approximate surface area is 129 Å². The lowest BCUT2D eigenvalue weighted by Crippen LogP contribution is -2.06. The fraction of sp³-hybridized carbons (Fsp3) is 0.143. The van der Waals surface area contributed by atoms with Crippen molar-refractivity contribution in [2.24, 2.45) is 0 Å². The summed E-state index contributed by atoms with van der Waals surface area (Å²) in [4.78, 5) is 15.4. The SMILES string of the molecule is COC(=O)c1ccc(CNc2ccc(F)cc2I)nc1. The summed E-state index contributed by atoms with van der Waals surface area (Å²) in [6, 6.07) is 7.94. The van der Waals surface area contributed by atoms with E-state index in [-0.39, 0.29) is 5.82 Å². The first-order chi connectivity index (χ1) is 9.60. The van der Waals surface area contributed by atoms with Crippen molar-refractivity contribution in [1.29, 1.82) is 0 Å². The van der Waals surface area contributed by atoms with Crippen molar-refractivity contribution in [2.75, 3.05) is 12.4 Å². The summed E-state index contributed by atoms with van der Waals surface area (Å²) in [5.74, 6) is -0.675. The van der Waals surface area contributed by atoms with E-state index in [2.05, 4.69) is 37.6 Å². The second-order valence-electron chi connectivity index (χ2n) is 4.01. The molecule has 6 heteroatoms. The molecule has 1 heterocycles. The molecule has 0 spiro atoms. The van der Waals surface area contributed by atoms with E-state index in [1.807, 2.05) is 0 Å². The smallest absolute Gasteiger partial charge is 0.339 e. The van der Waals surface area contributed by atoms with E-state index in [0.29, 0.717) is 12.1 Å². The van der Waals surface area contributed by atoms with Gasteiger partial charge in [-0.3, -0.25) is 4.98 Å². The lowest BCUT2D eigenvalue weighted by atomic mass is 10.2. The van der Waals surface area contributed by atoms with Crippen LogP contribution in [0, 0.1) is 9.39 Å². The van der Waals surface area contributed by atoms with Gasteiger partial charge in [-0.15, -0.1) is 0 Å². The van der Waals surface area contributed by atoms with Gasteiger partial charge in [0, 0.05) is 15.5 Å². The molecule has 0 fully saturated rings. The molecule has 2 aromatic rings. The Hall–Kier alpha value is -1.70. The van der Waals surface area contributed by atoms with Crippen LogP contribution in [0.4, 0.5) is 10.1 Å². The van der Waals surface area contributed by atoms with Crippen LogP contribution in [0.3, 0.4) is 0 Å². The molecule has 1 aromatic heterocycles. The highest BCUT2D eigenvalue weighted by atomic mass is 127. The summed E-state index contributed by atoms with van der Waals surface area (Å²) in [6.45, 7) is 0.489. The van der Waals surface area contributed by atoms with Crippen molar-refractivity contribution in [3.05, 3.63) is 57.2 Å². The van der Waals surface area contributed by atoms with Gasteiger partial charge in [0.2, 0.25) is 0 Å². The molecule has 0 atom stereocenters. The number of rotatable bonds is 4. The number of hydrogen-bond donors (Lipinski definition) is 1. The van der Waals surface area contributed by atoms with Crippen molar-refractivity contribution in [3.8, 4) is 0 Å². The number of carbonyl (C=O) groups excluding carboxylic acids is 1. The second-order valence-corrected chi connectivity index (χ2v) is 5.17. The third-order valence-corrected chi connectivity index (χ3v) is 3.53. The fourth-order valence-corrected chi connectivity index (χ4v) is 2.25. The average molecular weight is 386 g/mol. The Morgan fingerprint density at radius 3 is 2.80 bits per heavy atom. The van der Waals surface area contributed by atoms with Gasteiger partial charge in [0.1, 0.15) is 5.82 Å². The van der Waals surface area contributed by atoms with Crippen LogP contribution in [0.5, 0.6) is 0 Å². The highest BCUT2D eigenvalue weighted by Crippen LogP contribution is 2.19. The zero-order chi connectivity index (χ0) is 14.5. The maximum absolute atomic E-state index is 13.0. The van der Waals surface area contributed by atoms with Gasteiger partial charge in [-0.1, -0.05) is 0 Å². The summed E-state index contributed by atoms with van der Waals surface area (Å²) in [5.41, 5.74) is 2.02. The number of nitrogens with one attached hydrogen (secondary N) is 1. The molecule has 0 unspecified atom stereocenters. The number of methoxy groups -OCH3 is 1. The predicted molar refractivity (Wildman–Crippen MR) is 82.0 cm³/mol. The molecule has 0 aliphatic carbocycles. The number of esters is 1. The standard InChI is InChI=1S/C14H12FIN2O2/c1-20-14(19)9-2-4-11(17-7-9)8-18-13-5-3-10(15)6-12(13)16/h2-7,18H,8H2,1H3. The van der Waals surface area contributed by atoms with E-state index in [0.717, 1.165) is 15.0 Å². The highest BCUT2D eigenvalue weighted by molar-refractivity contribution is 14.1. The number of benzene rings is 1. The molecule has 1 aromatic carbocycles. The van der Waals surface area contributed by atoms with Crippen LogP contribution in [-0.2, 0) is 11.3 Å². The third-order valence-electron chi connectivity index (χ3n) is 2.64. The van der Waals surface area contributed by atoms with Gasteiger partial charge in [0.25, 0.3) is 0 Å².